The van der Waals surface area contributed by atoms with Crippen LogP contribution in [-0.2, 0) is 0 Å². The summed E-state index contributed by atoms with van der Waals surface area (Å²) in [6, 6.07) is 6.85. The van der Waals surface area contributed by atoms with E-state index in [9.17, 15) is 14.7 Å². The molecule has 20 heavy (non-hydrogen) atoms. The molecule has 0 bridgehead atoms. The van der Waals surface area contributed by atoms with Crippen molar-refractivity contribution in [3.05, 3.63) is 58.3 Å². The molecule has 5 heteroatoms. The Balaban J connectivity index is 2.66. The number of nitrogens with two attached hydrogens (primary N) is 1. The number of aromatic carboxylic acids is 1. The van der Waals surface area contributed by atoms with Crippen LogP contribution in [0.15, 0.2) is 30.5 Å². The highest BCUT2D eigenvalue weighted by Crippen LogP contribution is 2.22. The van der Waals surface area contributed by atoms with Gasteiger partial charge in [0.05, 0.1) is 0 Å². The molecule has 2 aromatic rings. The van der Waals surface area contributed by atoms with Gasteiger partial charge in [0.1, 0.15) is 11.4 Å². The van der Waals surface area contributed by atoms with Gasteiger partial charge in [-0.05, 0) is 31.0 Å². The second kappa shape index (κ2) is 5.13. The highest BCUT2D eigenvalue weighted by atomic mass is 16.4. The molecule has 5 nitrogen and oxygen atoms in total. The van der Waals surface area contributed by atoms with Gasteiger partial charge in [0, 0.05) is 17.3 Å². The van der Waals surface area contributed by atoms with E-state index in [0.717, 1.165) is 11.1 Å². The van der Waals surface area contributed by atoms with Crippen LogP contribution in [0.3, 0.4) is 0 Å². The minimum Gasteiger partial charge on any atom is -0.478 e. The van der Waals surface area contributed by atoms with Crippen molar-refractivity contribution >= 4 is 17.6 Å². The standard InChI is InChI=1S/C15H14N2O3/c1-8-4-3-5-9(2)11(8)13(18)10-6-7-17-14(16)12(10)15(19)20/h3-7H,1-2H3,(H2,16,17)(H,19,20). The molecular formula is C15H14N2O3. The number of rotatable bonds is 3. The Hall–Kier alpha value is -2.69. The van der Waals surface area contributed by atoms with Crippen LogP contribution >= 0.6 is 0 Å². The van der Waals surface area contributed by atoms with Crippen molar-refractivity contribution in [3.63, 3.8) is 0 Å². The molecule has 0 atom stereocenters. The molecule has 0 saturated carbocycles. The lowest BCUT2D eigenvalue weighted by atomic mass is 9.93. The predicted molar refractivity (Wildman–Crippen MR) is 75.0 cm³/mol. The largest absolute Gasteiger partial charge is 0.478 e. The SMILES string of the molecule is Cc1cccc(C)c1C(=O)c1ccnc(N)c1C(=O)O. The van der Waals surface area contributed by atoms with Gasteiger partial charge >= 0.3 is 5.97 Å². The molecule has 2 rings (SSSR count). The number of aryl methyl sites for hydroxylation is 2. The molecule has 0 aliphatic heterocycles. The second-order valence-corrected chi connectivity index (χ2v) is 4.52. The van der Waals surface area contributed by atoms with E-state index >= 15 is 0 Å². The molecule has 1 aromatic heterocycles. The molecule has 0 spiro atoms. The van der Waals surface area contributed by atoms with Crippen LogP contribution in [0.1, 0.15) is 37.4 Å². The molecule has 0 amide bonds. The Bertz CT molecular complexity index is 688. The van der Waals surface area contributed by atoms with Gasteiger partial charge in [-0.25, -0.2) is 9.78 Å². The topological polar surface area (TPSA) is 93.3 Å². The average molecular weight is 270 g/mol. The number of pyridine rings is 1. The number of carbonyl (C=O) groups excluding carboxylic acids is 1. The van der Waals surface area contributed by atoms with E-state index in [1.807, 2.05) is 32.0 Å². The van der Waals surface area contributed by atoms with Gasteiger partial charge < -0.3 is 10.8 Å². The average Bonchev–Trinajstić information content (AvgIpc) is 2.37. The van der Waals surface area contributed by atoms with Crippen molar-refractivity contribution in [1.82, 2.24) is 4.98 Å². The first-order valence-electron chi connectivity index (χ1n) is 6.02. The van der Waals surface area contributed by atoms with Crippen molar-refractivity contribution in [1.29, 1.82) is 0 Å². The Morgan fingerprint density at radius 3 is 2.25 bits per heavy atom. The van der Waals surface area contributed by atoms with Gasteiger partial charge in [0.25, 0.3) is 0 Å². The molecule has 0 radical (unpaired) electrons. The van der Waals surface area contributed by atoms with Crippen LogP contribution in [0.25, 0.3) is 0 Å². The number of carboxylic acids is 1. The lowest BCUT2D eigenvalue weighted by molar-refractivity contribution is 0.0693. The van der Waals surface area contributed by atoms with Gasteiger partial charge in [-0.1, -0.05) is 18.2 Å². The Labute approximate surface area is 116 Å². The monoisotopic (exact) mass is 270 g/mol. The van der Waals surface area contributed by atoms with Crippen LogP contribution in [0.4, 0.5) is 5.82 Å². The molecule has 0 fully saturated rings. The highest BCUT2D eigenvalue weighted by Gasteiger charge is 2.23. The van der Waals surface area contributed by atoms with Gasteiger partial charge in [-0.2, -0.15) is 0 Å². The van der Waals surface area contributed by atoms with Crippen LogP contribution in [0.5, 0.6) is 0 Å². The summed E-state index contributed by atoms with van der Waals surface area (Å²) in [6.45, 7) is 3.62. The maximum absolute atomic E-state index is 12.6. The molecule has 3 N–H and O–H groups in total. The minimum absolute atomic E-state index is 0.0578. The molecule has 0 aliphatic carbocycles. The van der Waals surface area contributed by atoms with Crippen LogP contribution < -0.4 is 5.73 Å². The van der Waals surface area contributed by atoms with E-state index in [0.29, 0.717) is 5.56 Å². The molecule has 0 saturated heterocycles. The molecular weight excluding hydrogens is 256 g/mol. The Morgan fingerprint density at radius 1 is 1.10 bits per heavy atom. The van der Waals surface area contributed by atoms with Crippen molar-refractivity contribution in [3.8, 4) is 0 Å². The molecule has 1 aromatic carbocycles. The van der Waals surface area contributed by atoms with Crippen molar-refractivity contribution < 1.29 is 14.7 Å². The first-order valence-corrected chi connectivity index (χ1v) is 6.02. The number of carbonyl (C=O) groups is 2. The number of benzene rings is 1. The maximum Gasteiger partial charge on any atom is 0.340 e. The van der Waals surface area contributed by atoms with Crippen molar-refractivity contribution in [2.75, 3.05) is 5.73 Å². The fourth-order valence-electron chi connectivity index (χ4n) is 2.20. The summed E-state index contributed by atoms with van der Waals surface area (Å²) < 4.78 is 0. The summed E-state index contributed by atoms with van der Waals surface area (Å²) >= 11 is 0. The van der Waals surface area contributed by atoms with E-state index < -0.39 is 5.97 Å². The van der Waals surface area contributed by atoms with E-state index in [4.69, 9.17) is 5.73 Å². The fraction of sp³-hybridized carbons (Fsp3) is 0.133. The number of nitrogen functional groups attached to an aromatic ring is 1. The molecule has 1 heterocycles. The van der Waals surface area contributed by atoms with Gasteiger partial charge in [0.15, 0.2) is 5.78 Å². The smallest absolute Gasteiger partial charge is 0.340 e. The quantitative estimate of drug-likeness (QED) is 0.834. The fourth-order valence-corrected chi connectivity index (χ4v) is 2.20. The van der Waals surface area contributed by atoms with E-state index in [1.165, 1.54) is 12.3 Å². The Kier molecular flexibility index (Phi) is 3.52. The summed E-state index contributed by atoms with van der Waals surface area (Å²) in [5.74, 6) is -1.77. The van der Waals surface area contributed by atoms with Gasteiger partial charge in [-0.3, -0.25) is 4.79 Å². The zero-order valence-electron chi connectivity index (χ0n) is 11.2. The Morgan fingerprint density at radius 2 is 1.70 bits per heavy atom. The predicted octanol–water partition coefficient (Wildman–Crippen LogP) is 2.21. The van der Waals surface area contributed by atoms with Crippen LogP contribution in [0.2, 0.25) is 0 Å². The lowest BCUT2D eigenvalue weighted by Gasteiger charge is -2.11. The number of aromatic nitrogens is 1. The second-order valence-electron chi connectivity index (χ2n) is 4.52. The van der Waals surface area contributed by atoms with Crippen molar-refractivity contribution in [2.24, 2.45) is 0 Å². The summed E-state index contributed by atoms with van der Waals surface area (Å²) in [5.41, 5.74) is 7.47. The van der Waals surface area contributed by atoms with Crippen LogP contribution in [0, 0.1) is 13.8 Å². The first-order chi connectivity index (χ1) is 9.43. The number of carboxylic acid groups (broad SMARTS) is 1. The highest BCUT2D eigenvalue weighted by molar-refractivity contribution is 6.16. The number of nitrogens with zero attached hydrogens (tertiary/aromatic N) is 1. The van der Waals surface area contributed by atoms with E-state index in [-0.39, 0.29) is 22.7 Å². The zero-order chi connectivity index (χ0) is 14.9. The maximum atomic E-state index is 12.6. The number of hydrogen-bond donors (Lipinski definition) is 2. The van der Waals surface area contributed by atoms with Crippen LogP contribution in [-0.4, -0.2) is 21.8 Å². The number of ketones is 1. The first kappa shape index (κ1) is 13.7. The van der Waals surface area contributed by atoms with E-state index in [2.05, 4.69) is 4.98 Å². The summed E-state index contributed by atoms with van der Waals surface area (Å²) in [7, 11) is 0. The lowest BCUT2D eigenvalue weighted by Crippen LogP contribution is -2.15. The third-order valence-electron chi connectivity index (χ3n) is 3.15. The molecule has 0 aliphatic rings. The van der Waals surface area contributed by atoms with Gasteiger partial charge in [0.2, 0.25) is 0 Å². The third kappa shape index (κ3) is 2.25. The summed E-state index contributed by atoms with van der Waals surface area (Å²) in [5, 5.41) is 9.21. The number of hydrogen-bond acceptors (Lipinski definition) is 4. The summed E-state index contributed by atoms with van der Waals surface area (Å²) in [4.78, 5) is 27.6. The number of anilines is 1. The van der Waals surface area contributed by atoms with Crippen molar-refractivity contribution in [2.45, 2.75) is 13.8 Å². The zero-order valence-corrected chi connectivity index (χ0v) is 11.2. The van der Waals surface area contributed by atoms with Gasteiger partial charge in [-0.15, -0.1) is 0 Å². The molecule has 0 unspecified atom stereocenters. The third-order valence-corrected chi connectivity index (χ3v) is 3.15. The van der Waals surface area contributed by atoms with E-state index in [1.54, 1.807) is 0 Å². The minimum atomic E-state index is -1.26. The summed E-state index contributed by atoms with van der Waals surface area (Å²) in [6.07, 6.45) is 1.34. The molecule has 102 valence electrons. The normalized spacial score (nSPS) is 10.3.